The molecule has 0 bridgehead atoms. The van der Waals surface area contributed by atoms with Gasteiger partial charge in [0.2, 0.25) is 5.91 Å². The molecular weight excluding hydrogens is 210 g/mol. The van der Waals surface area contributed by atoms with Gasteiger partial charge in [-0.2, -0.15) is 0 Å². The highest BCUT2D eigenvalue weighted by Gasteiger charge is 2.61. The Morgan fingerprint density at radius 2 is 1.76 bits per heavy atom. The molecule has 17 heavy (non-hydrogen) atoms. The van der Waals surface area contributed by atoms with E-state index in [2.05, 4.69) is 26.1 Å². The topological polar surface area (TPSA) is 29.1 Å². The standard InChI is InChI=1S/C15H27NO/c1-8(2)11-7-6-10(5)12-13(11)14(12)15(17)16-9(3)4/h8-14H,6-7H2,1-5H3,(H,16,17)/t10-,11+,12-,13+,14+/m1/s1. The molecule has 2 nitrogen and oxygen atoms in total. The summed E-state index contributed by atoms with van der Waals surface area (Å²) in [5.74, 6) is 4.24. The fourth-order valence-corrected chi connectivity index (χ4v) is 3.99. The third kappa shape index (κ3) is 2.36. The minimum atomic E-state index is 0.276. The Labute approximate surface area is 106 Å². The lowest BCUT2D eigenvalue weighted by atomic mass is 9.77. The van der Waals surface area contributed by atoms with Crippen molar-refractivity contribution in [3.63, 3.8) is 0 Å². The molecular formula is C15H27NO. The van der Waals surface area contributed by atoms with Crippen molar-refractivity contribution in [1.29, 1.82) is 0 Å². The van der Waals surface area contributed by atoms with Crippen LogP contribution < -0.4 is 5.32 Å². The van der Waals surface area contributed by atoms with Gasteiger partial charge in [0.05, 0.1) is 0 Å². The number of nitrogens with one attached hydrogen (secondary N) is 1. The summed E-state index contributed by atoms with van der Waals surface area (Å²) in [7, 11) is 0. The van der Waals surface area contributed by atoms with Crippen molar-refractivity contribution in [3.05, 3.63) is 0 Å². The summed E-state index contributed by atoms with van der Waals surface area (Å²) in [6.07, 6.45) is 2.64. The van der Waals surface area contributed by atoms with Gasteiger partial charge in [0.15, 0.2) is 0 Å². The molecule has 1 amide bonds. The maximum Gasteiger partial charge on any atom is 0.223 e. The predicted molar refractivity (Wildman–Crippen MR) is 70.5 cm³/mol. The number of hydrogen-bond donors (Lipinski definition) is 1. The van der Waals surface area contributed by atoms with Gasteiger partial charge in [-0.25, -0.2) is 0 Å². The molecule has 0 aromatic heterocycles. The fraction of sp³-hybridized carbons (Fsp3) is 0.933. The lowest BCUT2D eigenvalue weighted by Crippen LogP contribution is -2.32. The number of rotatable bonds is 3. The predicted octanol–water partition coefficient (Wildman–Crippen LogP) is 3.08. The zero-order valence-electron chi connectivity index (χ0n) is 11.9. The molecule has 2 aliphatic carbocycles. The summed E-state index contributed by atoms with van der Waals surface area (Å²) in [6.45, 7) is 11.1. The lowest BCUT2D eigenvalue weighted by Gasteiger charge is -2.28. The van der Waals surface area contributed by atoms with E-state index >= 15 is 0 Å². The van der Waals surface area contributed by atoms with E-state index in [0.29, 0.717) is 23.7 Å². The van der Waals surface area contributed by atoms with Gasteiger partial charge >= 0.3 is 0 Å². The molecule has 2 fully saturated rings. The van der Waals surface area contributed by atoms with Gasteiger partial charge in [-0.1, -0.05) is 27.2 Å². The Kier molecular flexibility index (Phi) is 3.51. The van der Waals surface area contributed by atoms with Crippen LogP contribution in [0.2, 0.25) is 0 Å². The van der Waals surface area contributed by atoms with E-state index in [-0.39, 0.29) is 6.04 Å². The Morgan fingerprint density at radius 1 is 1.12 bits per heavy atom. The maximum absolute atomic E-state index is 12.2. The second-order valence-electron chi connectivity index (χ2n) is 6.81. The van der Waals surface area contributed by atoms with E-state index in [0.717, 1.165) is 17.8 Å². The van der Waals surface area contributed by atoms with Crippen molar-refractivity contribution < 1.29 is 4.79 Å². The van der Waals surface area contributed by atoms with Crippen LogP contribution in [0.1, 0.15) is 47.5 Å². The molecule has 2 heteroatoms. The first-order valence-corrected chi connectivity index (χ1v) is 7.23. The first kappa shape index (κ1) is 12.9. The van der Waals surface area contributed by atoms with E-state index in [1.165, 1.54) is 12.8 Å². The minimum absolute atomic E-state index is 0.276. The summed E-state index contributed by atoms with van der Waals surface area (Å²) in [4.78, 5) is 12.2. The van der Waals surface area contributed by atoms with Gasteiger partial charge in [0.25, 0.3) is 0 Å². The summed E-state index contributed by atoms with van der Waals surface area (Å²) in [6, 6.07) is 0.276. The average Bonchev–Trinajstić information content (AvgIpc) is 2.92. The number of fused-ring (bicyclic) bond motifs is 1. The van der Waals surface area contributed by atoms with Gasteiger partial charge in [-0.15, -0.1) is 0 Å². The summed E-state index contributed by atoms with van der Waals surface area (Å²) >= 11 is 0. The Balaban J connectivity index is 2.04. The van der Waals surface area contributed by atoms with Crippen molar-refractivity contribution in [1.82, 2.24) is 5.32 Å². The molecule has 0 aromatic carbocycles. The Hall–Kier alpha value is -0.530. The van der Waals surface area contributed by atoms with E-state index in [9.17, 15) is 4.79 Å². The number of carbonyl (C=O) groups is 1. The van der Waals surface area contributed by atoms with E-state index in [1.807, 2.05) is 13.8 Å². The molecule has 0 heterocycles. The zero-order valence-corrected chi connectivity index (χ0v) is 11.9. The van der Waals surface area contributed by atoms with Crippen molar-refractivity contribution in [3.8, 4) is 0 Å². The molecule has 0 unspecified atom stereocenters. The van der Waals surface area contributed by atoms with Gasteiger partial charge in [0.1, 0.15) is 0 Å². The van der Waals surface area contributed by atoms with E-state index in [4.69, 9.17) is 0 Å². The monoisotopic (exact) mass is 237 g/mol. The van der Waals surface area contributed by atoms with Crippen molar-refractivity contribution >= 4 is 5.91 Å². The van der Waals surface area contributed by atoms with Gasteiger partial charge in [-0.05, 0) is 49.9 Å². The van der Waals surface area contributed by atoms with Gasteiger partial charge in [0, 0.05) is 12.0 Å². The summed E-state index contributed by atoms with van der Waals surface area (Å²) in [5, 5.41) is 3.10. The summed E-state index contributed by atoms with van der Waals surface area (Å²) in [5.41, 5.74) is 0. The maximum atomic E-state index is 12.2. The number of amides is 1. The van der Waals surface area contributed by atoms with Crippen LogP contribution in [0.4, 0.5) is 0 Å². The highest BCUT2D eigenvalue weighted by Crippen LogP contribution is 2.62. The second-order valence-corrected chi connectivity index (χ2v) is 6.81. The van der Waals surface area contributed by atoms with Gasteiger partial charge < -0.3 is 5.32 Å². The third-order valence-electron chi connectivity index (χ3n) is 4.83. The molecule has 2 aliphatic rings. The molecule has 1 N–H and O–H groups in total. The van der Waals surface area contributed by atoms with E-state index < -0.39 is 0 Å². The molecule has 0 aromatic rings. The summed E-state index contributed by atoms with van der Waals surface area (Å²) < 4.78 is 0. The highest BCUT2D eigenvalue weighted by atomic mass is 16.2. The van der Waals surface area contributed by atoms with Crippen LogP contribution in [0.5, 0.6) is 0 Å². The first-order valence-electron chi connectivity index (χ1n) is 7.23. The molecule has 98 valence electrons. The quantitative estimate of drug-likeness (QED) is 0.803. The normalized spacial score (nSPS) is 40.3. The average molecular weight is 237 g/mol. The molecule has 0 aliphatic heterocycles. The Morgan fingerprint density at radius 3 is 2.29 bits per heavy atom. The van der Waals surface area contributed by atoms with Crippen LogP contribution in [0.3, 0.4) is 0 Å². The fourth-order valence-electron chi connectivity index (χ4n) is 3.99. The first-order chi connectivity index (χ1) is 7.93. The van der Waals surface area contributed by atoms with Crippen LogP contribution in [-0.4, -0.2) is 11.9 Å². The van der Waals surface area contributed by atoms with Crippen molar-refractivity contribution in [2.75, 3.05) is 0 Å². The van der Waals surface area contributed by atoms with Crippen molar-refractivity contribution in [2.45, 2.75) is 53.5 Å². The second kappa shape index (κ2) is 4.62. The van der Waals surface area contributed by atoms with Crippen LogP contribution in [0, 0.1) is 35.5 Å². The Bertz CT molecular complexity index is 297. The van der Waals surface area contributed by atoms with Crippen LogP contribution in [0.15, 0.2) is 0 Å². The van der Waals surface area contributed by atoms with Crippen LogP contribution in [0.25, 0.3) is 0 Å². The van der Waals surface area contributed by atoms with E-state index in [1.54, 1.807) is 0 Å². The van der Waals surface area contributed by atoms with Crippen LogP contribution >= 0.6 is 0 Å². The molecule has 0 radical (unpaired) electrons. The number of hydrogen-bond acceptors (Lipinski definition) is 1. The number of carbonyl (C=O) groups excluding carboxylic acids is 1. The molecule has 2 saturated carbocycles. The molecule has 2 rings (SSSR count). The highest BCUT2D eigenvalue weighted by molar-refractivity contribution is 5.82. The van der Waals surface area contributed by atoms with Crippen LogP contribution in [-0.2, 0) is 4.79 Å². The largest absolute Gasteiger partial charge is 0.354 e. The SMILES string of the molecule is CC(C)NC(=O)[C@@H]1[C@@H]2[C@H]1[C@H](C)CC[C@H]2C(C)C. The molecule has 0 saturated heterocycles. The smallest absolute Gasteiger partial charge is 0.223 e. The lowest BCUT2D eigenvalue weighted by molar-refractivity contribution is -0.123. The molecule has 0 spiro atoms. The third-order valence-corrected chi connectivity index (χ3v) is 4.83. The van der Waals surface area contributed by atoms with Gasteiger partial charge in [-0.3, -0.25) is 4.79 Å². The minimum Gasteiger partial charge on any atom is -0.354 e. The van der Waals surface area contributed by atoms with Crippen molar-refractivity contribution in [2.24, 2.45) is 35.5 Å². The molecule has 5 atom stereocenters. The zero-order chi connectivity index (χ0) is 12.7.